The largest absolute Gasteiger partial charge is 0.465 e. The van der Waals surface area contributed by atoms with Gasteiger partial charge in [-0.1, -0.05) is 6.42 Å². The molecule has 1 saturated carbocycles. The average molecular weight is 211 g/mol. The maximum Gasteiger partial charge on any atom is 0.320 e. The second kappa shape index (κ2) is 4.52. The lowest BCUT2D eigenvalue weighted by atomic mass is 9.63. The summed E-state index contributed by atoms with van der Waals surface area (Å²) in [5, 5.41) is 0. The first-order chi connectivity index (χ1) is 7.24. The van der Waals surface area contributed by atoms with Gasteiger partial charge in [0, 0.05) is 0 Å². The summed E-state index contributed by atoms with van der Waals surface area (Å²) in [5.74, 6) is -0.0675. The van der Waals surface area contributed by atoms with Gasteiger partial charge in [0.05, 0.1) is 13.2 Å². The van der Waals surface area contributed by atoms with E-state index in [1.165, 1.54) is 32.1 Å². The van der Waals surface area contributed by atoms with E-state index in [1.54, 1.807) is 0 Å². The number of esters is 1. The summed E-state index contributed by atoms with van der Waals surface area (Å²) < 4.78 is 4.96. The van der Waals surface area contributed by atoms with E-state index >= 15 is 0 Å². The molecule has 86 valence electrons. The standard InChI is InChI=1S/C12H21NO2/c1-2-15-11(14)10-13-8-6-12(7-9-13)4-3-5-12/h2-10H2,1H3. The zero-order chi connectivity index (χ0) is 10.7. The van der Waals surface area contributed by atoms with Crippen LogP contribution >= 0.6 is 0 Å². The molecule has 1 saturated heterocycles. The van der Waals surface area contributed by atoms with Gasteiger partial charge in [-0.05, 0) is 51.1 Å². The Balaban J connectivity index is 1.71. The number of nitrogens with zero attached hydrogens (tertiary/aromatic N) is 1. The Kier molecular flexibility index (Phi) is 3.29. The van der Waals surface area contributed by atoms with Gasteiger partial charge in [0.15, 0.2) is 0 Å². The van der Waals surface area contributed by atoms with Gasteiger partial charge < -0.3 is 4.74 Å². The Bertz CT molecular complexity index is 226. The number of ether oxygens (including phenoxy) is 1. The van der Waals surface area contributed by atoms with Crippen molar-refractivity contribution in [3.8, 4) is 0 Å². The summed E-state index contributed by atoms with van der Waals surface area (Å²) in [4.78, 5) is 13.5. The molecule has 0 amide bonds. The monoisotopic (exact) mass is 211 g/mol. The SMILES string of the molecule is CCOC(=O)CN1CCC2(CCC2)CC1. The van der Waals surface area contributed by atoms with Crippen molar-refractivity contribution in [3.05, 3.63) is 0 Å². The van der Waals surface area contributed by atoms with E-state index in [1.807, 2.05) is 6.92 Å². The van der Waals surface area contributed by atoms with Gasteiger partial charge in [0.1, 0.15) is 0 Å². The van der Waals surface area contributed by atoms with Crippen LogP contribution < -0.4 is 0 Å². The summed E-state index contributed by atoms with van der Waals surface area (Å²) in [7, 11) is 0. The minimum atomic E-state index is -0.0675. The Labute approximate surface area is 91.8 Å². The van der Waals surface area contributed by atoms with Crippen molar-refractivity contribution in [1.82, 2.24) is 4.90 Å². The highest BCUT2D eigenvalue weighted by Gasteiger charge is 2.39. The maximum absolute atomic E-state index is 11.3. The van der Waals surface area contributed by atoms with E-state index in [4.69, 9.17) is 4.74 Å². The lowest BCUT2D eigenvalue weighted by Crippen LogP contribution is -2.45. The highest BCUT2D eigenvalue weighted by molar-refractivity contribution is 5.71. The molecule has 1 spiro atoms. The maximum atomic E-state index is 11.3. The van der Waals surface area contributed by atoms with Crippen LogP contribution in [-0.4, -0.2) is 37.1 Å². The molecule has 2 aliphatic rings. The number of carbonyl (C=O) groups is 1. The van der Waals surface area contributed by atoms with Crippen molar-refractivity contribution in [2.75, 3.05) is 26.2 Å². The molecule has 0 aromatic heterocycles. The molecule has 0 aromatic rings. The molecule has 0 unspecified atom stereocenters. The lowest BCUT2D eigenvalue weighted by Gasteiger charge is -2.47. The molecule has 0 radical (unpaired) electrons. The molecule has 3 nitrogen and oxygen atoms in total. The Morgan fingerprint density at radius 3 is 2.40 bits per heavy atom. The normalized spacial score (nSPS) is 24.9. The van der Waals surface area contributed by atoms with Crippen LogP contribution in [0, 0.1) is 5.41 Å². The zero-order valence-corrected chi connectivity index (χ0v) is 9.63. The number of hydrogen-bond acceptors (Lipinski definition) is 3. The fraction of sp³-hybridized carbons (Fsp3) is 0.917. The first-order valence-corrected chi connectivity index (χ1v) is 6.12. The van der Waals surface area contributed by atoms with E-state index in [0.717, 1.165) is 13.1 Å². The van der Waals surface area contributed by atoms with Gasteiger partial charge in [-0.2, -0.15) is 0 Å². The summed E-state index contributed by atoms with van der Waals surface area (Å²) in [6, 6.07) is 0. The van der Waals surface area contributed by atoms with E-state index in [0.29, 0.717) is 18.6 Å². The van der Waals surface area contributed by atoms with Gasteiger partial charge in [0.2, 0.25) is 0 Å². The summed E-state index contributed by atoms with van der Waals surface area (Å²) >= 11 is 0. The van der Waals surface area contributed by atoms with E-state index in [9.17, 15) is 4.79 Å². The molecule has 0 aromatic carbocycles. The Morgan fingerprint density at radius 2 is 1.93 bits per heavy atom. The quantitative estimate of drug-likeness (QED) is 0.667. The molecular weight excluding hydrogens is 190 g/mol. The first-order valence-electron chi connectivity index (χ1n) is 6.12. The number of rotatable bonds is 3. The van der Waals surface area contributed by atoms with E-state index < -0.39 is 0 Å². The average Bonchev–Trinajstić information content (AvgIpc) is 2.17. The van der Waals surface area contributed by atoms with Crippen molar-refractivity contribution in [2.24, 2.45) is 5.41 Å². The molecule has 1 aliphatic carbocycles. The molecule has 2 rings (SSSR count). The third kappa shape index (κ3) is 2.51. The first kappa shape index (κ1) is 10.9. The van der Waals surface area contributed by atoms with Crippen molar-refractivity contribution < 1.29 is 9.53 Å². The van der Waals surface area contributed by atoms with Crippen LogP contribution in [0.4, 0.5) is 0 Å². The molecule has 1 heterocycles. The molecule has 0 bridgehead atoms. The molecule has 2 fully saturated rings. The van der Waals surface area contributed by atoms with Crippen molar-refractivity contribution in [1.29, 1.82) is 0 Å². The predicted molar refractivity (Wildman–Crippen MR) is 58.6 cm³/mol. The molecule has 15 heavy (non-hydrogen) atoms. The van der Waals surface area contributed by atoms with Gasteiger partial charge >= 0.3 is 5.97 Å². The van der Waals surface area contributed by atoms with Crippen LogP contribution in [0.3, 0.4) is 0 Å². The highest BCUT2D eigenvalue weighted by atomic mass is 16.5. The summed E-state index contributed by atoms with van der Waals surface area (Å²) in [6.45, 7) is 5.01. The third-order valence-corrected chi connectivity index (χ3v) is 3.99. The van der Waals surface area contributed by atoms with Crippen molar-refractivity contribution in [2.45, 2.75) is 39.0 Å². The molecular formula is C12H21NO2. The molecule has 1 aliphatic heterocycles. The smallest absolute Gasteiger partial charge is 0.320 e. The van der Waals surface area contributed by atoms with Crippen LogP contribution in [0.5, 0.6) is 0 Å². The van der Waals surface area contributed by atoms with Crippen molar-refractivity contribution in [3.63, 3.8) is 0 Å². The number of hydrogen-bond donors (Lipinski definition) is 0. The fourth-order valence-corrected chi connectivity index (χ4v) is 2.75. The highest BCUT2D eigenvalue weighted by Crippen LogP contribution is 2.48. The zero-order valence-electron chi connectivity index (χ0n) is 9.63. The topological polar surface area (TPSA) is 29.5 Å². The summed E-state index contributed by atoms with van der Waals surface area (Å²) in [6.07, 6.45) is 6.82. The third-order valence-electron chi connectivity index (χ3n) is 3.99. The fourth-order valence-electron chi connectivity index (χ4n) is 2.75. The minimum Gasteiger partial charge on any atom is -0.465 e. The van der Waals surface area contributed by atoms with Gasteiger partial charge in [-0.25, -0.2) is 0 Å². The van der Waals surface area contributed by atoms with Crippen LogP contribution in [0.15, 0.2) is 0 Å². The van der Waals surface area contributed by atoms with E-state index in [2.05, 4.69) is 4.90 Å². The van der Waals surface area contributed by atoms with Gasteiger partial charge in [-0.3, -0.25) is 9.69 Å². The van der Waals surface area contributed by atoms with E-state index in [-0.39, 0.29) is 5.97 Å². The second-order valence-corrected chi connectivity index (χ2v) is 4.93. The van der Waals surface area contributed by atoms with Crippen molar-refractivity contribution >= 4 is 5.97 Å². The number of carbonyl (C=O) groups excluding carboxylic acids is 1. The number of piperidine rings is 1. The van der Waals surface area contributed by atoms with Crippen LogP contribution in [0.2, 0.25) is 0 Å². The van der Waals surface area contributed by atoms with Gasteiger partial charge in [-0.15, -0.1) is 0 Å². The predicted octanol–water partition coefficient (Wildman–Crippen LogP) is 1.82. The molecule has 0 atom stereocenters. The molecule has 0 N–H and O–H groups in total. The second-order valence-electron chi connectivity index (χ2n) is 4.93. The van der Waals surface area contributed by atoms with Crippen LogP contribution in [0.25, 0.3) is 0 Å². The Morgan fingerprint density at radius 1 is 1.27 bits per heavy atom. The lowest BCUT2D eigenvalue weighted by molar-refractivity contribution is -0.145. The van der Waals surface area contributed by atoms with Crippen LogP contribution in [-0.2, 0) is 9.53 Å². The molecule has 3 heteroatoms. The summed E-state index contributed by atoms with van der Waals surface area (Å²) in [5.41, 5.74) is 0.672. The van der Waals surface area contributed by atoms with Crippen LogP contribution in [0.1, 0.15) is 39.0 Å². The number of likely N-dealkylation sites (tertiary alicyclic amines) is 1. The Hall–Kier alpha value is -0.570. The minimum absolute atomic E-state index is 0.0675. The van der Waals surface area contributed by atoms with Gasteiger partial charge in [0.25, 0.3) is 0 Å².